The molecule has 0 amide bonds. The van der Waals surface area contributed by atoms with E-state index in [-0.39, 0.29) is 0 Å². The van der Waals surface area contributed by atoms with E-state index in [4.69, 9.17) is 10.7 Å². The number of nitrogen functional groups attached to an aromatic ring is 1. The fraction of sp³-hybridized carbons (Fsp3) is 0.381. The lowest BCUT2D eigenvalue weighted by molar-refractivity contribution is 0.607. The van der Waals surface area contributed by atoms with Gasteiger partial charge in [-0.1, -0.05) is 51.2 Å². The van der Waals surface area contributed by atoms with E-state index in [1.807, 2.05) is 18.2 Å². The highest BCUT2D eigenvalue weighted by molar-refractivity contribution is 5.98. The first-order valence-electron chi connectivity index (χ1n) is 8.86. The quantitative estimate of drug-likeness (QED) is 0.336. The molecular formula is C21H26N2. The molecule has 0 radical (unpaired) electrons. The Morgan fingerprint density at radius 3 is 2.57 bits per heavy atom. The van der Waals surface area contributed by atoms with Crippen molar-refractivity contribution in [1.29, 1.82) is 0 Å². The molecule has 0 bridgehead atoms. The van der Waals surface area contributed by atoms with Crippen LogP contribution in [0.3, 0.4) is 0 Å². The van der Waals surface area contributed by atoms with E-state index >= 15 is 0 Å². The Morgan fingerprint density at radius 2 is 1.70 bits per heavy atom. The first-order valence-corrected chi connectivity index (χ1v) is 8.86. The van der Waals surface area contributed by atoms with Crippen molar-refractivity contribution in [2.24, 2.45) is 0 Å². The predicted octanol–water partition coefficient (Wildman–Crippen LogP) is 5.87. The molecule has 3 aromatic rings. The molecule has 3 rings (SSSR count). The van der Waals surface area contributed by atoms with Gasteiger partial charge in [0.1, 0.15) is 0 Å². The lowest BCUT2D eigenvalue weighted by Crippen LogP contribution is -1.91. The monoisotopic (exact) mass is 306 g/mol. The Morgan fingerprint density at radius 1 is 0.870 bits per heavy atom. The maximum absolute atomic E-state index is 6.08. The van der Waals surface area contributed by atoms with Crippen LogP contribution in [-0.4, -0.2) is 4.98 Å². The van der Waals surface area contributed by atoms with Gasteiger partial charge in [-0.25, -0.2) is 4.98 Å². The van der Waals surface area contributed by atoms with Gasteiger partial charge < -0.3 is 5.73 Å². The molecule has 0 unspecified atom stereocenters. The van der Waals surface area contributed by atoms with Crippen molar-refractivity contribution < 1.29 is 0 Å². The minimum Gasteiger partial charge on any atom is -0.398 e. The Balaban J connectivity index is 1.73. The summed E-state index contributed by atoms with van der Waals surface area (Å²) in [5.74, 6) is 0. The number of hydrogen-bond donors (Lipinski definition) is 1. The van der Waals surface area contributed by atoms with Crippen LogP contribution in [0.15, 0.2) is 42.5 Å². The summed E-state index contributed by atoms with van der Waals surface area (Å²) in [6, 6.07) is 14.7. The van der Waals surface area contributed by atoms with Gasteiger partial charge in [0.25, 0.3) is 0 Å². The summed E-state index contributed by atoms with van der Waals surface area (Å²) in [5, 5.41) is 2.25. The standard InChI is InChI=1S/C21H26N2/c1-2-3-4-5-6-7-9-16-12-13-20-17(14-16)15-18-19(22)10-8-11-21(18)23-20/h8,10-15H,2-7,9,22H2,1H3. The second-order valence-corrected chi connectivity index (χ2v) is 6.45. The second kappa shape index (κ2) is 7.45. The van der Waals surface area contributed by atoms with Crippen LogP contribution in [0.2, 0.25) is 0 Å². The summed E-state index contributed by atoms with van der Waals surface area (Å²) < 4.78 is 0. The van der Waals surface area contributed by atoms with Crippen LogP contribution in [-0.2, 0) is 6.42 Å². The van der Waals surface area contributed by atoms with E-state index in [9.17, 15) is 0 Å². The smallest absolute Gasteiger partial charge is 0.0730 e. The fourth-order valence-electron chi connectivity index (χ4n) is 3.20. The minimum atomic E-state index is 0.804. The topological polar surface area (TPSA) is 38.9 Å². The number of aryl methyl sites for hydroxylation is 1. The normalized spacial score (nSPS) is 11.3. The number of unbranched alkanes of at least 4 members (excludes halogenated alkanes) is 5. The van der Waals surface area contributed by atoms with Crippen molar-refractivity contribution in [3.8, 4) is 0 Å². The SMILES string of the molecule is CCCCCCCCc1ccc2nc3cccc(N)c3cc2c1. The summed E-state index contributed by atoms with van der Waals surface area (Å²) in [7, 11) is 0. The van der Waals surface area contributed by atoms with Crippen molar-refractivity contribution in [2.75, 3.05) is 5.73 Å². The van der Waals surface area contributed by atoms with Gasteiger partial charge in [0, 0.05) is 16.5 Å². The number of nitrogens with two attached hydrogens (primary N) is 1. The lowest BCUT2D eigenvalue weighted by atomic mass is 10.0. The van der Waals surface area contributed by atoms with Crippen LogP contribution >= 0.6 is 0 Å². The first-order chi connectivity index (χ1) is 11.3. The van der Waals surface area contributed by atoms with E-state index in [0.717, 1.165) is 28.5 Å². The number of pyridine rings is 1. The number of fused-ring (bicyclic) bond motifs is 2. The van der Waals surface area contributed by atoms with Gasteiger partial charge in [-0.2, -0.15) is 0 Å². The van der Waals surface area contributed by atoms with E-state index < -0.39 is 0 Å². The molecule has 0 atom stereocenters. The number of benzene rings is 2. The van der Waals surface area contributed by atoms with Crippen LogP contribution in [0.1, 0.15) is 51.0 Å². The van der Waals surface area contributed by atoms with Gasteiger partial charge in [-0.05, 0) is 48.7 Å². The highest BCUT2D eigenvalue weighted by atomic mass is 14.7. The fourth-order valence-corrected chi connectivity index (χ4v) is 3.20. The van der Waals surface area contributed by atoms with Crippen LogP contribution in [0.4, 0.5) is 5.69 Å². The minimum absolute atomic E-state index is 0.804. The lowest BCUT2D eigenvalue weighted by Gasteiger charge is -2.07. The highest BCUT2D eigenvalue weighted by Crippen LogP contribution is 2.25. The van der Waals surface area contributed by atoms with Crippen molar-refractivity contribution in [1.82, 2.24) is 4.98 Å². The van der Waals surface area contributed by atoms with E-state index in [0.29, 0.717) is 0 Å². The number of aromatic nitrogens is 1. The van der Waals surface area contributed by atoms with Crippen LogP contribution in [0.25, 0.3) is 21.8 Å². The highest BCUT2D eigenvalue weighted by Gasteiger charge is 2.03. The molecule has 120 valence electrons. The van der Waals surface area contributed by atoms with E-state index in [1.54, 1.807) is 0 Å². The number of hydrogen-bond acceptors (Lipinski definition) is 2. The van der Waals surface area contributed by atoms with Crippen molar-refractivity contribution in [2.45, 2.75) is 51.9 Å². The van der Waals surface area contributed by atoms with E-state index in [1.165, 1.54) is 49.5 Å². The van der Waals surface area contributed by atoms with Crippen molar-refractivity contribution >= 4 is 27.5 Å². The van der Waals surface area contributed by atoms with Gasteiger partial charge in [0.2, 0.25) is 0 Å². The summed E-state index contributed by atoms with van der Waals surface area (Å²) in [6.07, 6.45) is 9.20. The number of anilines is 1. The zero-order chi connectivity index (χ0) is 16.1. The third-order valence-electron chi connectivity index (χ3n) is 4.57. The van der Waals surface area contributed by atoms with Gasteiger partial charge in [0.15, 0.2) is 0 Å². The average Bonchev–Trinajstić information content (AvgIpc) is 2.57. The Kier molecular flexibility index (Phi) is 5.12. The summed E-state index contributed by atoms with van der Waals surface area (Å²) in [6.45, 7) is 2.26. The zero-order valence-electron chi connectivity index (χ0n) is 14.0. The molecule has 23 heavy (non-hydrogen) atoms. The molecule has 0 fully saturated rings. The summed E-state index contributed by atoms with van der Waals surface area (Å²) in [4.78, 5) is 4.73. The molecule has 1 heterocycles. The molecule has 2 heteroatoms. The van der Waals surface area contributed by atoms with Gasteiger partial charge in [0.05, 0.1) is 11.0 Å². The average molecular weight is 306 g/mol. The second-order valence-electron chi connectivity index (χ2n) is 6.45. The maximum Gasteiger partial charge on any atom is 0.0730 e. The van der Waals surface area contributed by atoms with Crippen LogP contribution in [0, 0.1) is 0 Å². The molecule has 0 aliphatic rings. The largest absolute Gasteiger partial charge is 0.398 e. The summed E-state index contributed by atoms with van der Waals surface area (Å²) >= 11 is 0. The van der Waals surface area contributed by atoms with Gasteiger partial charge in [-0.15, -0.1) is 0 Å². The third kappa shape index (κ3) is 3.82. The Bertz CT molecular complexity index is 792. The van der Waals surface area contributed by atoms with Crippen LogP contribution in [0.5, 0.6) is 0 Å². The molecule has 1 aromatic heterocycles. The Hall–Kier alpha value is -2.09. The molecule has 2 aromatic carbocycles. The van der Waals surface area contributed by atoms with E-state index in [2.05, 4.69) is 31.2 Å². The third-order valence-corrected chi connectivity index (χ3v) is 4.57. The summed E-state index contributed by atoms with van der Waals surface area (Å²) in [5.41, 5.74) is 10.3. The molecule has 0 saturated carbocycles. The Labute approximate surface area is 138 Å². The molecule has 0 aliphatic carbocycles. The van der Waals surface area contributed by atoms with Crippen LogP contribution < -0.4 is 5.73 Å². The van der Waals surface area contributed by atoms with Crippen molar-refractivity contribution in [3.63, 3.8) is 0 Å². The first kappa shape index (κ1) is 15.8. The maximum atomic E-state index is 6.08. The molecule has 0 saturated heterocycles. The number of nitrogens with zero attached hydrogens (tertiary/aromatic N) is 1. The molecule has 2 N–H and O–H groups in total. The molecular weight excluding hydrogens is 280 g/mol. The van der Waals surface area contributed by atoms with Crippen molar-refractivity contribution in [3.05, 3.63) is 48.0 Å². The molecule has 2 nitrogen and oxygen atoms in total. The zero-order valence-corrected chi connectivity index (χ0v) is 14.0. The van der Waals surface area contributed by atoms with Gasteiger partial charge in [-0.3, -0.25) is 0 Å². The van der Waals surface area contributed by atoms with Gasteiger partial charge >= 0.3 is 0 Å². The molecule has 0 aliphatic heterocycles. The molecule has 0 spiro atoms. The number of rotatable bonds is 7. The predicted molar refractivity (Wildman–Crippen MR) is 101 cm³/mol.